The molecule has 0 aliphatic heterocycles. The molecule has 0 atom stereocenters. The van der Waals surface area contributed by atoms with Crippen molar-refractivity contribution in [3.05, 3.63) is 72.3 Å². The molecule has 0 aliphatic carbocycles. The fourth-order valence-electron chi connectivity index (χ4n) is 2.54. The van der Waals surface area contributed by atoms with E-state index >= 15 is 0 Å². The van der Waals surface area contributed by atoms with Crippen LogP contribution in [0.1, 0.15) is 5.56 Å². The van der Waals surface area contributed by atoms with E-state index in [2.05, 4.69) is 25.4 Å². The Morgan fingerprint density at radius 3 is 2.64 bits per heavy atom. The number of aromatic nitrogens is 6. The summed E-state index contributed by atoms with van der Waals surface area (Å²) in [5, 5.41) is 12.3. The fraction of sp³-hybridized carbons (Fsp3) is 0.0556. The Bertz CT molecular complexity index is 1030. The van der Waals surface area contributed by atoms with Gasteiger partial charge in [-0.2, -0.15) is 0 Å². The van der Waals surface area contributed by atoms with Gasteiger partial charge in [-0.3, -0.25) is 9.97 Å². The molecule has 0 fully saturated rings. The fourth-order valence-corrected chi connectivity index (χ4v) is 2.54. The lowest BCUT2D eigenvalue weighted by molar-refractivity contribution is 0.621. The van der Waals surface area contributed by atoms with Gasteiger partial charge in [0.2, 0.25) is 5.82 Å². The largest absolute Gasteiger partial charge is 0.256 e. The van der Waals surface area contributed by atoms with Crippen molar-refractivity contribution in [3.63, 3.8) is 0 Å². The maximum Gasteiger partial charge on any atom is 0.223 e. The van der Waals surface area contributed by atoms with Gasteiger partial charge in [-0.05, 0) is 48.0 Å². The molecule has 0 amide bonds. The van der Waals surface area contributed by atoms with Crippen LogP contribution in [0.2, 0.25) is 0 Å². The monoisotopic (exact) mass is 332 g/mol. The topological polar surface area (TPSA) is 69.4 Å². The minimum Gasteiger partial charge on any atom is -0.256 e. The smallest absolute Gasteiger partial charge is 0.223 e. The van der Waals surface area contributed by atoms with E-state index in [4.69, 9.17) is 0 Å². The van der Waals surface area contributed by atoms with Crippen LogP contribution in [0.3, 0.4) is 0 Å². The molecule has 4 rings (SSSR count). The molecule has 0 saturated heterocycles. The van der Waals surface area contributed by atoms with Crippen LogP contribution in [0.5, 0.6) is 0 Å². The third kappa shape index (κ3) is 2.99. The first-order valence-corrected chi connectivity index (χ1v) is 7.65. The summed E-state index contributed by atoms with van der Waals surface area (Å²) in [5.41, 5.74) is 3.40. The molecule has 25 heavy (non-hydrogen) atoms. The second-order valence-electron chi connectivity index (χ2n) is 5.48. The second-order valence-corrected chi connectivity index (χ2v) is 5.48. The van der Waals surface area contributed by atoms with E-state index < -0.39 is 5.82 Å². The van der Waals surface area contributed by atoms with Crippen LogP contribution in [0.4, 0.5) is 4.39 Å². The van der Waals surface area contributed by atoms with Gasteiger partial charge in [0.05, 0.1) is 11.4 Å². The van der Waals surface area contributed by atoms with Gasteiger partial charge >= 0.3 is 0 Å². The van der Waals surface area contributed by atoms with Crippen molar-refractivity contribution in [1.82, 2.24) is 30.2 Å². The van der Waals surface area contributed by atoms with Crippen molar-refractivity contribution < 1.29 is 4.39 Å². The van der Waals surface area contributed by atoms with Gasteiger partial charge in [-0.15, -0.1) is 15.0 Å². The van der Waals surface area contributed by atoms with Gasteiger partial charge in [-0.25, -0.2) is 4.39 Å². The zero-order valence-electron chi connectivity index (χ0n) is 13.3. The highest BCUT2D eigenvalue weighted by atomic mass is 19.1. The predicted molar refractivity (Wildman–Crippen MR) is 90.3 cm³/mol. The number of rotatable bonds is 3. The van der Waals surface area contributed by atoms with E-state index in [-0.39, 0.29) is 0 Å². The highest BCUT2D eigenvalue weighted by Crippen LogP contribution is 2.24. The van der Waals surface area contributed by atoms with E-state index in [0.717, 1.165) is 5.56 Å². The third-order valence-electron chi connectivity index (χ3n) is 3.70. The first-order chi connectivity index (χ1) is 12.2. The van der Waals surface area contributed by atoms with Gasteiger partial charge in [0.15, 0.2) is 0 Å². The van der Waals surface area contributed by atoms with Gasteiger partial charge in [0.25, 0.3) is 0 Å². The number of benzene rings is 1. The van der Waals surface area contributed by atoms with E-state index in [0.29, 0.717) is 28.5 Å². The van der Waals surface area contributed by atoms with Gasteiger partial charge in [-0.1, -0.05) is 12.1 Å². The van der Waals surface area contributed by atoms with Crippen molar-refractivity contribution >= 4 is 0 Å². The number of hydrogen-bond donors (Lipinski definition) is 0. The van der Waals surface area contributed by atoms with Crippen LogP contribution < -0.4 is 0 Å². The lowest BCUT2D eigenvalue weighted by atomic mass is 10.1. The van der Waals surface area contributed by atoms with Crippen molar-refractivity contribution in [2.75, 3.05) is 0 Å². The van der Waals surface area contributed by atoms with E-state index in [9.17, 15) is 4.39 Å². The molecular formula is C18H13FN6. The maximum atomic E-state index is 14.1. The molecule has 3 aromatic heterocycles. The number of tetrazole rings is 1. The predicted octanol–water partition coefficient (Wildman–Crippen LogP) is 3.23. The lowest BCUT2D eigenvalue weighted by Gasteiger charge is -2.07. The number of halogens is 1. The van der Waals surface area contributed by atoms with Gasteiger partial charge in [0.1, 0.15) is 11.5 Å². The molecule has 0 bridgehead atoms. The summed E-state index contributed by atoms with van der Waals surface area (Å²) in [5.74, 6) is -0.0188. The molecule has 0 spiro atoms. The van der Waals surface area contributed by atoms with Crippen LogP contribution in [0.25, 0.3) is 28.5 Å². The normalized spacial score (nSPS) is 10.8. The van der Waals surface area contributed by atoms with Crippen molar-refractivity contribution in [2.45, 2.75) is 6.92 Å². The summed E-state index contributed by atoms with van der Waals surface area (Å²) >= 11 is 0. The summed E-state index contributed by atoms with van der Waals surface area (Å²) in [6.07, 6.45) is 3.33. The number of pyridine rings is 2. The third-order valence-corrected chi connectivity index (χ3v) is 3.70. The lowest BCUT2D eigenvalue weighted by Crippen LogP contribution is -2.01. The van der Waals surface area contributed by atoms with Crippen LogP contribution >= 0.6 is 0 Å². The van der Waals surface area contributed by atoms with Crippen molar-refractivity contribution in [1.29, 1.82) is 0 Å². The van der Waals surface area contributed by atoms with E-state index in [1.807, 2.05) is 31.2 Å². The first-order valence-electron chi connectivity index (χ1n) is 7.65. The van der Waals surface area contributed by atoms with E-state index in [1.165, 1.54) is 16.9 Å². The average Bonchev–Trinajstić information content (AvgIpc) is 3.12. The van der Waals surface area contributed by atoms with Crippen LogP contribution in [0, 0.1) is 12.7 Å². The Morgan fingerprint density at radius 2 is 1.84 bits per heavy atom. The number of hydrogen-bond acceptors (Lipinski definition) is 5. The molecule has 0 radical (unpaired) electrons. The summed E-state index contributed by atoms with van der Waals surface area (Å²) in [6.45, 7) is 1.93. The Balaban J connectivity index is 1.77. The van der Waals surface area contributed by atoms with Crippen LogP contribution in [-0.2, 0) is 0 Å². The second kappa shape index (κ2) is 6.20. The first kappa shape index (κ1) is 15.1. The van der Waals surface area contributed by atoms with Gasteiger partial charge in [0, 0.05) is 24.0 Å². The van der Waals surface area contributed by atoms with Crippen LogP contribution in [-0.4, -0.2) is 30.2 Å². The summed E-state index contributed by atoms with van der Waals surface area (Å²) < 4.78 is 14.1. The molecule has 4 aromatic rings. The standard InChI is InChI=1S/C18H13FN6/c1-12-5-4-8-21-17(12)13-9-14(19)11-15(10-13)25-23-18(22-24-25)16-6-2-3-7-20-16/h2-11H,1H3. The Kier molecular flexibility index (Phi) is 3.74. The zero-order valence-corrected chi connectivity index (χ0v) is 13.3. The maximum absolute atomic E-state index is 14.1. The Morgan fingerprint density at radius 1 is 0.960 bits per heavy atom. The highest BCUT2D eigenvalue weighted by molar-refractivity contribution is 5.65. The van der Waals surface area contributed by atoms with E-state index in [1.54, 1.807) is 24.5 Å². The molecular weight excluding hydrogens is 319 g/mol. The van der Waals surface area contributed by atoms with Crippen LogP contribution in [0.15, 0.2) is 60.9 Å². The molecule has 0 saturated carbocycles. The average molecular weight is 332 g/mol. The molecule has 3 heterocycles. The summed E-state index contributed by atoms with van der Waals surface area (Å²) in [7, 11) is 0. The summed E-state index contributed by atoms with van der Waals surface area (Å²) in [6, 6.07) is 13.8. The Labute approximate surface area is 143 Å². The van der Waals surface area contributed by atoms with Gasteiger partial charge < -0.3 is 0 Å². The SMILES string of the molecule is Cc1cccnc1-c1cc(F)cc(-n2nnc(-c3ccccn3)n2)c1. The van der Waals surface area contributed by atoms with Crippen molar-refractivity contribution in [2.24, 2.45) is 0 Å². The zero-order chi connectivity index (χ0) is 17.2. The molecule has 122 valence electrons. The quantitative estimate of drug-likeness (QED) is 0.576. The van der Waals surface area contributed by atoms with Crippen molar-refractivity contribution in [3.8, 4) is 28.5 Å². The minimum absolute atomic E-state index is 0.375. The summed E-state index contributed by atoms with van der Waals surface area (Å²) in [4.78, 5) is 9.81. The molecule has 7 heteroatoms. The Hall–Kier alpha value is -3.48. The number of nitrogens with zero attached hydrogens (tertiary/aromatic N) is 6. The molecule has 1 aromatic carbocycles. The number of aryl methyl sites for hydroxylation is 1. The minimum atomic E-state index is -0.394. The molecule has 0 unspecified atom stereocenters. The highest BCUT2D eigenvalue weighted by Gasteiger charge is 2.12. The molecule has 0 N–H and O–H groups in total. The molecule has 6 nitrogen and oxygen atoms in total. The molecule has 0 aliphatic rings.